The molecule has 2 aromatic carbocycles. The van der Waals surface area contributed by atoms with E-state index in [9.17, 15) is 19.8 Å². The van der Waals surface area contributed by atoms with Gasteiger partial charge in [0.1, 0.15) is 28.8 Å². The highest BCUT2D eigenvalue weighted by Crippen LogP contribution is 2.44. The van der Waals surface area contributed by atoms with Crippen molar-refractivity contribution in [3.63, 3.8) is 0 Å². The maximum Gasteiger partial charge on any atom is 0.296 e. The Kier molecular flexibility index (Phi) is 6.02. The van der Waals surface area contributed by atoms with Crippen molar-refractivity contribution >= 4 is 29.1 Å². The van der Waals surface area contributed by atoms with Gasteiger partial charge in [0.2, 0.25) is 0 Å². The molecule has 2 heterocycles. The molecular formula is C24H20ClNO7. The van der Waals surface area contributed by atoms with Crippen LogP contribution >= 0.6 is 11.6 Å². The van der Waals surface area contributed by atoms with Crippen LogP contribution in [-0.2, 0) is 16.1 Å². The van der Waals surface area contributed by atoms with Crippen LogP contribution in [0.25, 0.3) is 5.76 Å². The molecule has 1 saturated heterocycles. The van der Waals surface area contributed by atoms with Gasteiger partial charge in [-0.15, -0.1) is 0 Å². The molecule has 1 aliphatic rings. The maximum absolute atomic E-state index is 13.1. The zero-order chi connectivity index (χ0) is 23.7. The van der Waals surface area contributed by atoms with Gasteiger partial charge in [-0.3, -0.25) is 9.59 Å². The average Bonchev–Trinajstić information content (AvgIpc) is 3.40. The summed E-state index contributed by atoms with van der Waals surface area (Å²) in [4.78, 5) is 27.5. The molecule has 2 N–H and O–H groups in total. The first-order valence-electron chi connectivity index (χ1n) is 9.87. The lowest BCUT2D eigenvalue weighted by Gasteiger charge is -2.24. The summed E-state index contributed by atoms with van der Waals surface area (Å²) in [7, 11) is 2.80. The summed E-state index contributed by atoms with van der Waals surface area (Å²) in [6, 6.07) is 11.4. The second-order valence-corrected chi connectivity index (χ2v) is 7.70. The van der Waals surface area contributed by atoms with Crippen LogP contribution in [0.4, 0.5) is 0 Å². The molecule has 0 spiro atoms. The summed E-state index contributed by atoms with van der Waals surface area (Å²) in [5.74, 6) is -1.34. The van der Waals surface area contributed by atoms with Gasteiger partial charge < -0.3 is 29.0 Å². The van der Waals surface area contributed by atoms with E-state index in [4.69, 9.17) is 25.5 Å². The fourth-order valence-corrected chi connectivity index (χ4v) is 4.08. The number of aliphatic hydroxyl groups excluding tert-OH is 1. The van der Waals surface area contributed by atoms with E-state index >= 15 is 0 Å². The van der Waals surface area contributed by atoms with Gasteiger partial charge in [0.25, 0.3) is 11.7 Å². The zero-order valence-corrected chi connectivity index (χ0v) is 18.5. The van der Waals surface area contributed by atoms with Crippen molar-refractivity contribution in [3.05, 3.63) is 82.3 Å². The first-order valence-corrected chi connectivity index (χ1v) is 10.2. The minimum atomic E-state index is -0.992. The Morgan fingerprint density at radius 1 is 1.09 bits per heavy atom. The molecule has 1 fully saturated rings. The minimum Gasteiger partial charge on any atom is -0.508 e. The van der Waals surface area contributed by atoms with Gasteiger partial charge in [0.05, 0.1) is 49.2 Å². The van der Waals surface area contributed by atoms with Crippen LogP contribution in [0.2, 0.25) is 5.02 Å². The number of hydrogen-bond acceptors (Lipinski definition) is 7. The summed E-state index contributed by atoms with van der Waals surface area (Å²) in [5.41, 5.74) is 0.391. The normalized spacial score (nSPS) is 17.4. The Morgan fingerprint density at radius 2 is 1.85 bits per heavy atom. The number of methoxy groups -OCH3 is 2. The number of ether oxygens (including phenoxy) is 2. The number of phenols is 1. The van der Waals surface area contributed by atoms with Crippen molar-refractivity contribution in [3.8, 4) is 17.2 Å². The van der Waals surface area contributed by atoms with Gasteiger partial charge in [-0.2, -0.15) is 0 Å². The molecule has 1 amide bonds. The lowest BCUT2D eigenvalue weighted by molar-refractivity contribution is -0.140. The van der Waals surface area contributed by atoms with Crippen molar-refractivity contribution in [2.75, 3.05) is 14.2 Å². The van der Waals surface area contributed by atoms with E-state index in [0.717, 1.165) is 0 Å². The predicted octanol–water partition coefficient (Wildman–Crippen LogP) is 4.28. The number of amides is 1. The van der Waals surface area contributed by atoms with Crippen LogP contribution in [0.15, 0.2) is 64.8 Å². The highest BCUT2D eigenvalue weighted by molar-refractivity contribution is 6.46. The van der Waals surface area contributed by atoms with Crippen molar-refractivity contribution in [2.45, 2.75) is 12.6 Å². The highest BCUT2D eigenvalue weighted by Gasteiger charge is 2.46. The molecule has 1 unspecified atom stereocenters. The molecule has 0 saturated carbocycles. The van der Waals surface area contributed by atoms with Crippen molar-refractivity contribution in [1.29, 1.82) is 0 Å². The second-order valence-electron chi connectivity index (χ2n) is 7.29. The fourth-order valence-electron chi connectivity index (χ4n) is 3.85. The topological polar surface area (TPSA) is 109 Å². The van der Waals surface area contributed by atoms with Crippen LogP contribution in [-0.4, -0.2) is 41.0 Å². The molecule has 4 rings (SSSR count). The molecule has 3 aromatic rings. The summed E-state index contributed by atoms with van der Waals surface area (Å²) < 4.78 is 15.9. The number of nitrogens with zero attached hydrogens (tertiary/aromatic N) is 1. The Balaban J connectivity index is 1.94. The summed E-state index contributed by atoms with van der Waals surface area (Å²) in [5, 5.41) is 21.6. The van der Waals surface area contributed by atoms with Gasteiger partial charge in [0, 0.05) is 6.07 Å². The highest BCUT2D eigenvalue weighted by atomic mass is 35.5. The van der Waals surface area contributed by atoms with E-state index in [1.807, 2.05) is 0 Å². The molecule has 1 aliphatic heterocycles. The molecule has 0 bridgehead atoms. The largest absolute Gasteiger partial charge is 0.508 e. The third kappa shape index (κ3) is 4.01. The van der Waals surface area contributed by atoms with Crippen molar-refractivity contribution < 1.29 is 33.7 Å². The lowest BCUT2D eigenvalue weighted by Crippen LogP contribution is -2.29. The van der Waals surface area contributed by atoms with Crippen LogP contribution in [0.3, 0.4) is 0 Å². The van der Waals surface area contributed by atoms with E-state index < -0.39 is 23.5 Å². The number of ketones is 1. The van der Waals surface area contributed by atoms with Crippen molar-refractivity contribution in [2.24, 2.45) is 0 Å². The summed E-state index contributed by atoms with van der Waals surface area (Å²) in [6.07, 6.45) is 1.46. The number of halogens is 1. The van der Waals surface area contributed by atoms with Gasteiger partial charge in [-0.1, -0.05) is 23.7 Å². The number of aromatic hydroxyl groups is 1. The first kappa shape index (κ1) is 22.3. The maximum atomic E-state index is 13.1. The molecule has 170 valence electrons. The molecular weight excluding hydrogens is 450 g/mol. The van der Waals surface area contributed by atoms with E-state index in [-0.39, 0.29) is 40.0 Å². The monoisotopic (exact) mass is 469 g/mol. The predicted molar refractivity (Wildman–Crippen MR) is 119 cm³/mol. The van der Waals surface area contributed by atoms with Crippen molar-refractivity contribution in [1.82, 2.24) is 4.90 Å². The summed E-state index contributed by atoms with van der Waals surface area (Å²) in [6.45, 7) is -0.0181. The minimum absolute atomic E-state index is 0.0181. The van der Waals surface area contributed by atoms with Gasteiger partial charge in [0.15, 0.2) is 0 Å². The van der Waals surface area contributed by atoms with E-state index in [0.29, 0.717) is 11.3 Å². The zero-order valence-electron chi connectivity index (χ0n) is 17.7. The number of likely N-dealkylation sites (tertiary alicyclic amines) is 1. The number of hydrogen-bond donors (Lipinski definition) is 2. The fraction of sp³-hybridized carbons (Fsp3) is 0.167. The van der Waals surface area contributed by atoms with Crippen LogP contribution in [0, 0.1) is 0 Å². The quantitative estimate of drug-likeness (QED) is 0.315. The Labute approximate surface area is 194 Å². The lowest BCUT2D eigenvalue weighted by atomic mass is 9.94. The summed E-state index contributed by atoms with van der Waals surface area (Å²) >= 11 is 6.17. The number of furan rings is 1. The smallest absolute Gasteiger partial charge is 0.296 e. The number of benzene rings is 2. The van der Waals surface area contributed by atoms with Crippen LogP contribution in [0.5, 0.6) is 17.2 Å². The van der Waals surface area contributed by atoms with E-state index in [2.05, 4.69) is 0 Å². The van der Waals surface area contributed by atoms with E-state index in [1.165, 1.54) is 49.6 Å². The number of aliphatic hydroxyl groups is 1. The number of carbonyl (C=O) groups excluding carboxylic acids is 2. The number of Topliss-reactive ketones (excluding diaryl/α,β-unsaturated/α-hetero) is 1. The molecule has 0 radical (unpaired) electrons. The molecule has 33 heavy (non-hydrogen) atoms. The Morgan fingerprint density at radius 3 is 2.48 bits per heavy atom. The average molecular weight is 470 g/mol. The van der Waals surface area contributed by atoms with Gasteiger partial charge in [-0.05, 0) is 35.9 Å². The Hall–Kier alpha value is -3.91. The first-order chi connectivity index (χ1) is 15.8. The third-order valence-corrected chi connectivity index (χ3v) is 5.66. The van der Waals surface area contributed by atoms with Gasteiger partial charge >= 0.3 is 0 Å². The molecule has 0 aliphatic carbocycles. The van der Waals surface area contributed by atoms with Gasteiger partial charge in [-0.25, -0.2) is 0 Å². The molecule has 1 aromatic heterocycles. The SMILES string of the molecule is COc1cc(/C(O)=C2\C(=O)C(=O)N(Cc3ccco3)C2c2cccc(O)c2)c(OC)cc1Cl. The Bertz CT molecular complexity index is 1250. The molecule has 1 atom stereocenters. The molecule has 9 heteroatoms. The number of phenolic OH excluding ortho intramolecular Hbond substituents is 1. The second kappa shape index (κ2) is 8.91. The number of rotatable bonds is 6. The molecule has 8 nitrogen and oxygen atoms in total. The van der Waals surface area contributed by atoms with E-state index in [1.54, 1.807) is 24.3 Å². The number of carbonyl (C=O) groups is 2. The van der Waals surface area contributed by atoms with Crippen LogP contribution in [0.1, 0.15) is 22.9 Å². The van der Waals surface area contributed by atoms with Crippen LogP contribution < -0.4 is 9.47 Å². The standard InChI is InChI=1S/C24H20ClNO7/c1-31-18-11-17(25)19(32-2)10-16(18)22(28)20-21(13-5-3-6-14(27)9-13)26(24(30)23(20)29)12-15-7-4-8-33-15/h3-11,21,27-28H,12H2,1-2H3/b22-20+. The third-order valence-electron chi connectivity index (χ3n) is 5.36.